The molecular formula is C19H14ClNO. The summed E-state index contributed by atoms with van der Waals surface area (Å²) >= 11 is 6.13. The second kappa shape index (κ2) is 5.08. The molecule has 3 heteroatoms. The van der Waals surface area contributed by atoms with E-state index in [9.17, 15) is 5.11 Å². The van der Waals surface area contributed by atoms with Gasteiger partial charge in [0.15, 0.2) is 5.75 Å². The van der Waals surface area contributed by atoms with E-state index in [-0.39, 0.29) is 5.75 Å². The third kappa shape index (κ3) is 1.96. The molecule has 4 rings (SSSR count). The van der Waals surface area contributed by atoms with Crippen LogP contribution in [0.15, 0.2) is 66.7 Å². The van der Waals surface area contributed by atoms with Crippen LogP contribution in [0, 0.1) is 0 Å². The van der Waals surface area contributed by atoms with Crippen LogP contribution in [0.4, 0.5) is 0 Å². The summed E-state index contributed by atoms with van der Waals surface area (Å²) < 4.78 is 2.13. The van der Waals surface area contributed by atoms with Crippen molar-refractivity contribution in [3.8, 4) is 5.75 Å². The number of aromatic hydroxyl groups is 1. The van der Waals surface area contributed by atoms with Gasteiger partial charge in [-0.2, -0.15) is 0 Å². The Morgan fingerprint density at radius 2 is 1.55 bits per heavy atom. The molecule has 0 spiro atoms. The Balaban J connectivity index is 2.07. The third-order valence-corrected chi connectivity index (χ3v) is 4.35. The number of rotatable bonds is 2. The molecule has 0 saturated carbocycles. The summed E-state index contributed by atoms with van der Waals surface area (Å²) in [4.78, 5) is 0. The second-order valence-corrected chi connectivity index (χ2v) is 5.79. The summed E-state index contributed by atoms with van der Waals surface area (Å²) in [5.41, 5.74) is 3.07. The second-order valence-electron chi connectivity index (χ2n) is 5.38. The smallest absolute Gasteiger partial charge is 0.158 e. The molecule has 22 heavy (non-hydrogen) atoms. The molecule has 0 aliphatic rings. The lowest BCUT2D eigenvalue weighted by Gasteiger charge is -2.09. The van der Waals surface area contributed by atoms with Gasteiger partial charge in [0, 0.05) is 22.8 Å². The first-order valence-corrected chi connectivity index (χ1v) is 7.56. The minimum absolute atomic E-state index is 0.145. The molecule has 0 fully saturated rings. The molecule has 1 aromatic heterocycles. The van der Waals surface area contributed by atoms with Gasteiger partial charge in [0.05, 0.1) is 10.5 Å². The lowest BCUT2D eigenvalue weighted by molar-refractivity contribution is 0.479. The van der Waals surface area contributed by atoms with Crippen LogP contribution >= 0.6 is 11.6 Å². The molecule has 2 nitrogen and oxygen atoms in total. The summed E-state index contributed by atoms with van der Waals surface area (Å²) in [5, 5.41) is 13.0. The van der Waals surface area contributed by atoms with Gasteiger partial charge in [0.25, 0.3) is 0 Å². The van der Waals surface area contributed by atoms with E-state index in [4.69, 9.17) is 11.6 Å². The van der Waals surface area contributed by atoms with Crippen LogP contribution < -0.4 is 0 Å². The number of hydrogen-bond acceptors (Lipinski definition) is 1. The van der Waals surface area contributed by atoms with Crippen molar-refractivity contribution in [2.75, 3.05) is 0 Å². The molecule has 0 amide bonds. The van der Waals surface area contributed by atoms with Crippen molar-refractivity contribution in [3.63, 3.8) is 0 Å². The molecule has 0 radical (unpaired) electrons. The van der Waals surface area contributed by atoms with Crippen LogP contribution in [-0.2, 0) is 6.54 Å². The summed E-state index contributed by atoms with van der Waals surface area (Å²) in [5.74, 6) is 0.145. The Morgan fingerprint density at radius 3 is 2.36 bits per heavy atom. The van der Waals surface area contributed by atoms with Gasteiger partial charge in [-0.25, -0.2) is 0 Å². The first kappa shape index (κ1) is 13.2. The molecule has 108 valence electrons. The predicted octanol–water partition coefficient (Wildman–Crippen LogP) is 5.20. The predicted molar refractivity (Wildman–Crippen MR) is 91.7 cm³/mol. The zero-order chi connectivity index (χ0) is 15.1. The Morgan fingerprint density at radius 1 is 0.818 bits per heavy atom. The number of halogens is 1. The van der Waals surface area contributed by atoms with Crippen molar-refractivity contribution in [1.82, 2.24) is 4.57 Å². The van der Waals surface area contributed by atoms with E-state index in [1.54, 1.807) is 6.07 Å². The number of fused-ring (bicyclic) bond motifs is 3. The molecule has 0 unspecified atom stereocenters. The van der Waals surface area contributed by atoms with Crippen molar-refractivity contribution >= 4 is 33.4 Å². The van der Waals surface area contributed by atoms with Gasteiger partial charge in [-0.05, 0) is 17.7 Å². The molecule has 0 aliphatic heterocycles. The van der Waals surface area contributed by atoms with Crippen molar-refractivity contribution in [2.45, 2.75) is 6.54 Å². The van der Waals surface area contributed by atoms with E-state index in [0.29, 0.717) is 11.6 Å². The van der Waals surface area contributed by atoms with Crippen LogP contribution in [0.25, 0.3) is 21.8 Å². The summed E-state index contributed by atoms with van der Waals surface area (Å²) in [6, 6.07) is 22.1. The van der Waals surface area contributed by atoms with Gasteiger partial charge < -0.3 is 9.67 Å². The average Bonchev–Trinajstić information content (AvgIpc) is 2.87. The Labute approximate surface area is 133 Å². The highest BCUT2D eigenvalue weighted by molar-refractivity contribution is 6.33. The quantitative estimate of drug-likeness (QED) is 0.541. The number of aromatic nitrogens is 1. The number of benzene rings is 3. The van der Waals surface area contributed by atoms with Gasteiger partial charge in [0.2, 0.25) is 0 Å². The SMILES string of the molecule is Oc1c(Cl)ccc2c3ccccc3n(Cc3ccccc3)c12. The van der Waals surface area contributed by atoms with E-state index >= 15 is 0 Å². The number of hydrogen-bond donors (Lipinski definition) is 1. The molecule has 1 heterocycles. The molecular weight excluding hydrogens is 294 g/mol. The molecule has 3 aromatic carbocycles. The topological polar surface area (TPSA) is 25.2 Å². The first-order valence-electron chi connectivity index (χ1n) is 7.18. The number of phenolic OH excluding ortho intramolecular Hbond substituents is 1. The lowest BCUT2D eigenvalue weighted by Crippen LogP contribution is -1.99. The molecule has 4 aromatic rings. The van der Waals surface area contributed by atoms with Crippen molar-refractivity contribution in [3.05, 3.63) is 77.3 Å². The van der Waals surface area contributed by atoms with Crippen molar-refractivity contribution in [2.24, 2.45) is 0 Å². The molecule has 1 N–H and O–H groups in total. The fourth-order valence-electron chi connectivity index (χ4n) is 3.03. The van der Waals surface area contributed by atoms with Crippen LogP contribution in [-0.4, -0.2) is 9.67 Å². The van der Waals surface area contributed by atoms with Gasteiger partial charge in [-0.15, -0.1) is 0 Å². The highest BCUT2D eigenvalue weighted by Gasteiger charge is 2.15. The van der Waals surface area contributed by atoms with Crippen LogP contribution in [0.2, 0.25) is 5.02 Å². The lowest BCUT2D eigenvalue weighted by atomic mass is 10.1. The standard InChI is InChI=1S/C19H14ClNO/c20-16-11-10-15-14-8-4-5-9-17(14)21(18(15)19(16)22)12-13-6-2-1-3-7-13/h1-11,22H,12H2. The van der Waals surface area contributed by atoms with E-state index in [1.807, 2.05) is 36.4 Å². The molecule has 0 atom stereocenters. The van der Waals surface area contributed by atoms with Crippen LogP contribution in [0.3, 0.4) is 0 Å². The van der Waals surface area contributed by atoms with E-state index in [0.717, 1.165) is 21.8 Å². The van der Waals surface area contributed by atoms with Gasteiger partial charge in [-0.3, -0.25) is 0 Å². The van der Waals surface area contributed by atoms with Crippen LogP contribution in [0.1, 0.15) is 5.56 Å². The molecule has 0 aliphatic carbocycles. The number of nitrogens with zero attached hydrogens (tertiary/aromatic N) is 1. The summed E-state index contributed by atoms with van der Waals surface area (Å²) in [6.07, 6.45) is 0. The minimum Gasteiger partial charge on any atom is -0.504 e. The monoisotopic (exact) mass is 307 g/mol. The Hall–Kier alpha value is -2.45. The maximum absolute atomic E-state index is 10.5. The fraction of sp³-hybridized carbons (Fsp3) is 0.0526. The maximum atomic E-state index is 10.5. The van der Waals surface area contributed by atoms with Crippen molar-refractivity contribution in [1.29, 1.82) is 0 Å². The largest absolute Gasteiger partial charge is 0.504 e. The van der Waals surface area contributed by atoms with Gasteiger partial charge in [-0.1, -0.05) is 66.2 Å². The molecule has 0 saturated heterocycles. The summed E-state index contributed by atoms with van der Waals surface area (Å²) in [6.45, 7) is 0.693. The first-order chi connectivity index (χ1) is 10.8. The third-order valence-electron chi connectivity index (χ3n) is 4.04. The van der Waals surface area contributed by atoms with E-state index in [2.05, 4.69) is 28.8 Å². The maximum Gasteiger partial charge on any atom is 0.158 e. The van der Waals surface area contributed by atoms with E-state index < -0.39 is 0 Å². The Kier molecular flexibility index (Phi) is 3.05. The molecule has 0 bridgehead atoms. The average molecular weight is 308 g/mol. The zero-order valence-electron chi connectivity index (χ0n) is 11.8. The highest BCUT2D eigenvalue weighted by atomic mass is 35.5. The summed E-state index contributed by atoms with van der Waals surface area (Å²) in [7, 11) is 0. The van der Waals surface area contributed by atoms with Crippen molar-refractivity contribution < 1.29 is 5.11 Å². The minimum atomic E-state index is 0.145. The van der Waals surface area contributed by atoms with E-state index in [1.165, 1.54) is 5.56 Å². The van der Waals surface area contributed by atoms with Gasteiger partial charge >= 0.3 is 0 Å². The Bertz CT molecular complexity index is 973. The fourth-order valence-corrected chi connectivity index (χ4v) is 3.19. The number of phenols is 1. The highest BCUT2D eigenvalue weighted by Crippen LogP contribution is 2.38. The number of para-hydroxylation sites is 1. The van der Waals surface area contributed by atoms with Crippen LogP contribution in [0.5, 0.6) is 5.75 Å². The normalized spacial score (nSPS) is 11.3. The zero-order valence-corrected chi connectivity index (χ0v) is 12.6. The van der Waals surface area contributed by atoms with Gasteiger partial charge in [0.1, 0.15) is 0 Å².